The second kappa shape index (κ2) is 7.31. The number of nitro benzene ring substituents is 1. The van der Waals surface area contributed by atoms with E-state index in [2.05, 4.69) is 5.32 Å². The summed E-state index contributed by atoms with van der Waals surface area (Å²) in [6.45, 7) is 0.885. The summed E-state index contributed by atoms with van der Waals surface area (Å²) >= 11 is 0. The van der Waals surface area contributed by atoms with Crippen molar-refractivity contribution >= 4 is 18.1 Å². The molecule has 1 saturated heterocycles. The molecular formula is C13H19ClN2O4. The molecule has 1 atom stereocenters. The van der Waals surface area contributed by atoms with E-state index in [0.717, 1.165) is 25.8 Å². The van der Waals surface area contributed by atoms with E-state index in [-0.39, 0.29) is 29.1 Å². The molecule has 1 aliphatic rings. The van der Waals surface area contributed by atoms with Gasteiger partial charge in [0.1, 0.15) is 0 Å². The lowest BCUT2D eigenvalue weighted by atomic mass is 9.95. The molecule has 0 amide bonds. The molecule has 1 aromatic rings. The topological polar surface area (TPSA) is 73.6 Å². The minimum absolute atomic E-state index is 0. The Kier molecular flexibility index (Phi) is 6.04. The van der Waals surface area contributed by atoms with E-state index in [1.165, 1.54) is 20.3 Å². The van der Waals surface area contributed by atoms with Crippen LogP contribution in [0.1, 0.15) is 30.9 Å². The van der Waals surface area contributed by atoms with Crippen molar-refractivity contribution in [1.82, 2.24) is 5.32 Å². The van der Waals surface area contributed by atoms with Crippen molar-refractivity contribution in [3.63, 3.8) is 0 Å². The molecule has 6 nitrogen and oxygen atoms in total. The Bertz CT molecular complexity index is 476. The van der Waals surface area contributed by atoms with Gasteiger partial charge in [-0.05, 0) is 25.5 Å². The molecule has 1 aromatic carbocycles. The standard InChI is InChI=1S/C13H18N2O4.ClH/c1-18-12-7-9(10-5-3-4-6-14-10)11(15(16)17)8-13(12)19-2;/h7-8,10,14H,3-6H2,1-2H3;1H/t10-;/m1./s1. The van der Waals surface area contributed by atoms with E-state index in [1.54, 1.807) is 6.07 Å². The molecule has 0 spiro atoms. The third kappa shape index (κ3) is 3.32. The maximum atomic E-state index is 11.2. The third-order valence-electron chi connectivity index (χ3n) is 3.42. The van der Waals surface area contributed by atoms with Crippen molar-refractivity contribution in [3.8, 4) is 11.5 Å². The molecule has 1 aliphatic heterocycles. The van der Waals surface area contributed by atoms with Crippen LogP contribution >= 0.6 is 12.4 Å². The number of ether oxygens (including phenoxy) is 2. The van der Waals surface area contributed by atoms with E-state index < -0.39 is 0 Å². The fraction of sp³-hybridized carbons (Fsp3) is 0.538. The Morgan fingerprint density at radius 3 is 2.40 bits per heavy atom. The maximum Gasteiger partial charge on any atom is 0.278 e. The van der Waals surface area contributed by atoms with Crippen LogP contribution in [0.25, 0.3) is 0 Å². The molecule has 1 fully saturated rings. The van der Waals surface area contributed by atoms with E-state index in [9.17, 15) is 10.1 Å². The third-order valence-corrected chi connectivity index (χ3v) is 3.42. The van der Waals surface area contributed by atoms with Gasteiger partial charge < -0.3 is 14.8 Å². The predicted molar refractivity (Wildman–Crippen MR) is 78.0 cm³/mol. The monoisotopic (exact) mass is 302 g/mol. The summed E-state index contributed by atoms with van der Waals surface area (Å²) in [6, 6.07) is 3.15. The number of halogens is 1. The molecule has 0 radical (unpaired) electrons. The van der Waals surface area contributed by atoms with Crippen LogP contribution in [0.3, 0.4) is 0 Å². The molecule has 1 heterocycles. The van der Waals surface area contributed by atoms with Crippen molar-refractivity contribution in [3.05, 3.63) is 27.8 Å². The van der Waals surface area contributed by atoms with E-state index in [1.807, 2.05) is 0 Å². The van der Waals surface area contributed by atoms with Crippen molar-refractivity contribution in [2.24, 2.45) is 0 Å². The van der Waals surface area contributed by atoms with Gasteiger partial charge in [0.2, 0.25) is 0 Å². The minimum Gasteiger partial charge on any atom is -0.493 e. The Labute approximate surface area is 124 Å². The fourth-order valence-corrected chi connectivity index (χ4v) is 2.44. The van der Waals surface area contributed by atoms with Gasteiger partial charge in [-0.1, -0.05) is 6.42 Å². The highest BCUT2D eigenvalue weighted by Crippen LogP contribution is 2.39. The van der Waals surface area contributed by atoms with Crippen molar-refractivity contribution in [2.75, 3.05) is 20.8 Å². The second-order valence-electron chi connectivity index (χ2n) is 4.53. The number of methoxy groups -OCH3 is 2. The number of rotatable bonds is 4. The first-order valence-electron chi connectivity index (χ1n) is 6.31. The molecule has 0 aromatic heterocycles. The minimum atomic E-state index is -0.367. The van der Waals surface area contributed by atoms with Crippen LogP contribution in [0.4, 0.5) is 5.69 Å². The van der Waals surface area contributed by atoms with Crippen LogP contribution in [0, 0.1) is 10.1 Å². The zero-order valence-corrected chi connectivity index (χ0v) is 12.4. The summed E-state index contributed by atoms with van der Waals surface area (Å²) in [7, 11) is 3.00. The summed E-state index contributed by atoms with van der Waals surface area (Å²) in [5, 5.41) is 14.5. The largest absolute Gasteiger partial charge is 0.493 e. The Morgan fingerprint density at radius 1 is 1.25 bits per heavy atom. The molecule has 0 aliphatic carbocycles. The van der Waals surface area contributed by atoms with Crippen LogP contribution in [-0.4, -0.2) is 25.7 Å². The van der Waals surface area contributed by atoms with Crippen LogP contribution in [0.2, 0.25) is 0 Å². The van der Waals surface area contributed by atoms with Crippen molar-refractivity contribution in [2.45, 2.75) is 25.3 Å². The van der Waals surface area contributed by atoms with E-state index in [4.69, 9.17) is 9.47 Å². The summed E-state index contributed by atoms with van der Waals surface area (Å²) in [5.41, 5.74) is 0.749. The number of benzene rings is 1. The highest BCUT2D eigenvalue weighted by molar-refractivity contribution is 5.85. The average Bonchev–Trinajstić information content (AvgIpc) is 2.46. The molecule has 0 bridgehead atoms. The molecule has 20 heavy (non-hydrogen) atoms. The lowest BCUT2D eigenvalue weighted by molar-refractivity contribution is -0.385. The number of hydrogen-bond donors (Lipinski definition) is 1. The van der Waals surface area contributed by atoms with Crippen molar-refractivity contribution < 1.29 is 14.4 Å². The van der Waals surface area contributed by atoms with Crippen LogP contribution in [0.5, 0.6) is 11.5 Å². The Morgan fingerprint density at radius 2 is 1.90 bits per heavy atom. The zero-order chi connectivity index (χ0) is 13.8. The number of nitrogens with one attached hydrogen (secondary N) is 1. The van der Waals surface area contributed by atoms with E-state index in [0.29, 0.717) is 17.1 Å². The van der Waals surface area contributed by atoms with Gasteiger partial charge in [-0.3, -0.25) is 10.1 Å². The first-order chi connectivity index (χ1) is 9.17. The van der Waals surface area contributed by atoms with Gasteiger partial charge in [-0.25, -0.2) is 0 Å². The zero-order valence-electron chi connectivity index (χ0n) is 11.5. The van der Waals surface area contributed by atoms with Crippen LogP contribution < -0.4 is 14.8 Å². The summed E-state index contributed by atoms with van der Waals surface area (Å²) in [5.74, 6) is 0.907. The second-order valence-corrected chi connectivity index (χ2v) is 4.53. The summed E-state index contributed by atoms with van der Waals surface area (Å²) in [6.07, 6.45) is 3.08. The summed E-state index contributed by atoms with van der Waals surface area (Å²) < 4.78 is 10.3. The number of nitrogens with zero attached hydrogens (tertiary/aromatic N) is 1. The first kappa shape index (κ1) is 16.5. The molecule has 1 N–H and O–H groups in total. The highest BCUT2D eigenvalue weighted by atomic mass is 35.5. The SMILES string of the molecule is COc1cc([C@H]2CCCCN2)c([N+](=O)[O-])cc1OC.Cl. The fourth-order valence-electron chi connectivity index (χ4n) is 2.44. The lowest BCUT2D eigenvalue weighted by Crippen LogP contribution is -2.27. The first-order valence-corrected chi connectivity index (χ1v) is 6.31. The predicted octanol–water partition coefficient (Wildman–Crippen LogP) is 2.85. The normalized spacial score (nSPS) is 18.0. The molecule has 0 saturated carbocycles. The summed E-state index contributed by atoms with van der Waals surface area (Å²) in [4.78, 5) is 10.8. The number of nitro groups is 1. The highest BCUT2D eigenvalue weighted by Gasteiger charge is 2.26. The Balaban J connectivity index is 0.00000200. The van der Waals surface area contributed by atoms with Gasteiger partial charge in [0.05, 0.1) is 30.8 Å². The quantitative estimate of drug-likeness (QED) is 0.684. The van der Waals surface area contributed by atoms with Gasteiger partial charge in [-0.15, -0.1) is 12.4 Å². The molecule has 0 unspecified atom stereocenters. The Hall–Kier alpha value is -1.53. The van der Waals surface area contributed by atoms with Crippen LogP contribution in [-0.2, 0) is 0 Å². The van der Waals surface area contributed by atoms with Crippen LogP contribution in [0.15, 0.2) is 12.1 Å². The van der Waals surface area contributed by atoms with Gasteiger partial charge >= 0.3 is 0 Å². The van der Waals surface area contributed by atoms with Gasteiger partial charge in [0.15, 0.2) is 11.5 Å². The van der Waals surface area contributed by atoms with Gasteiger partial charge in [0, 0.05) is 6.04 Å². The van der Waals surface area contributed by atoms with Gasteiger partial charge in [-0.2, -0.15) is 0 Å². The molecule has 2 rings (SSSR count). The lowest BCUT2D eigenvalue weighted by Gasteiger charge is -2.24. The van der Waals surface area contributed by atoms with E-state index >= 15 is 0 Å². The number of piperidine rings is 1. The average molecular weight is 303 g/mol. The van der Waals surface area contributed by atoms with Crippen molar-refractivity contribution in [1.29, 1.82) is 0 Å². The van der Waals surface area contributed by atoms with Gasteiger partial charge in [0.25, 0.3) is 5.69 Å². The molecule has 112 valence electrons. The smallest absolute Gasteiger partial charge is 0.278 e. The number of hydrogen-bond acceptors (Lipinski definition) is 5. The maximum absolute atomic E-state index is 11.2. The molecular weight excluding hydrogens is 284 g/mol. The molecule has 7 heteroatoms.